The molecule has 136 valence electrons. The molecule has 0 bridgehead atoms. The number of aromatic nitrogens is 2. The van der Waals surface area contributed by atoms with Gasteiger partial charge < -0.3 is 9.15 Å². The summed E-state index contributed by atoms with van der Waals surface area (Å²) in [4.78, 5) is 28.9. The number of halogens is 2. The standard InChI is InChI=1S/C19H12Cl2N2O4/c20-13-6-5-11(7-14(13)21)9-26-16(24)8-23-10-22-17-12-3-1-2-4-15(12)27-18(17)19(23)25/h1-7,10H,8-9H2. The molecule has 0 N–H and O–H groups in total. The second-order valence-corrected chi connectivity index (χ2v) is 6.68. The van der Waals surface area contributed by atoms with Crippen molar-refractivity contribution in [2.45, 2.75) is 13.2 Å². The third-order valence-corrected chi connectivity index (χ3v) is 4.77. The maximum atomic E-state index is 12.6. The second-order valence-electron chi connectivity index (χ2n) is 5.86. The molecule has 0 atom stereocenters. The fourth-order valence-corrected chi connectivity index (χ4v) is 3.03. The van der Waals surface area contributed by atoms with Crippen LogP contribution in [0.15, 0.2) is 58.0 Å². The Bertz CT molecular complexity index is 1230. The molecule has 0 aliphatic heterocycles. The van der Waals surface area contributed by atoms with Crippen LogP contribution in [0.2, 0.25) is 10.0 Å². The number of esters is 1. The van der Waals surface area contributed by atoms with E-state index in [-0.39, 0.29) is 18.7 Å². The summed E-state index contributed by atoms with van der Waals surface area (Å²) in [6, 6.07) is 12.2. The first kappa shape index (κ1) is 17.6. The minimum Gasteiger partial charge on any atom is -0.459 e. The number of nitrogens with zero attached hydrogens (tertiary/aromatic N) is 2. The second kappa shape index (κ2) is 7.06. The SMILES string of the molecule is O=C(Cn1cnc2c(oc3ccccc32)c1=O)OCc1ccc(Cl)c(Cl)c1. The summed E-state index contributed by atoms with van der Waals surface area (Å²) in [6.07, 6.45) is 1.31. The van der Waals surface area contributed by atoms with Crippen LogP contribution >= 0.6 is 23.2 Å². The van der Waals surface area contributed by atoms with E-state index in [1.807, 2.05) is 18.2 Å². The number of carbonyl (C=O) groups excluding carboxylic acids is 1. The van der Waals surface area contributed by atoms with Crippen LogP contribution in [0.3, 0.4) is 0 Å². The molecular weight excluding hydrogens is 391 g/mol. The Kier molecular flexibility index (Phi) is 4.59. The lowest BCUT2D eigenvalue weighted by Gasteiger charge is -2.07. The summed E-state index contributed by atoms with van der Waals surface area (Å²) in [7, 11) is 0. The monoisotopic (exact) mass is 402 g/mol. The molecule has 0 aliphatic carbocycles. The number of rotatable bonds is 4. The molecule has 2 aromatic carbocycles. The van der Waals surface area contributed by atoms with Crippen molar-refractivity contribution < 1.29 is 13.9 Å². The van der Waals surface area contributed by atoms with Gasteiger partial charge in [0.25, 0.3) is 5.56 Å². The lowest BCUT2D eigenvalue weighted by molar-refractivity contribution is -0.145. The molecule has 0 spiro atoms. The smallest absolute Gasteiger partial charge is 0.326 e. The first-order valence-electron chi connectivity index (χ1n) is 7.99. The molecule has 0 fully saturated rings. The van der Waals surface area contributed by atoms with E-state index in [1.54, 1.807) is 24.3 Å². The topological polar surface area (TPSA) is 74.3 Å². The molecule has 0 aliphatic rings. The van der Waals surface area contributed by atoms with Crippen LogP contribution in [0.5, 0.6) is 0 Å². The number of hydrogen-bond acceptors (Lipinski definition) is 5. The highest BCUT2D eigenvalue weighted by atomic mass is 35.5. The fourth-order valence-electron chi connectivity index (χ4n) is 2.71. The van der Waals surface area contributed by atoms with Gasteiger partial charge in [0.05, 0.1) is 16.4 Å². The summed E-state index contributed by atoms with van der Waals surface area (Å²) in [5.41, 5.74) is 1.39. The van der Waals surface area contributed by atoms with Gasteiger partial charge in [-0.05, 0) is 29.8 Å². The zero-order valence-corrected chi connectivity index (χ0v) is 15.3. The highest BCUT2D eigenvalue weighted by Crippen LogP contribution is 2.24. The number of ether oxygens (including phenoxy) is 1. The van der Waals surface area contributed by atoms with E-state index in [0.717, 1.165) is 9.95 Å². The van der Waals surface area contributed by atoms with Crippen molar-refractivity contribution in [2.24, 2.45) is 0 Å². The van der Waals surface area contributed by atoms with Crippen molar-refractivity contribution in [2.75, 3.05) is 0 Å². The Morgan fingerprint density at radius 2 is 1.96 bits per heavy atom. The van der Waals surface area contributed by atoms with E-state index >= 15 is 0 Å². The van der Waals surface area contributed by atoms with E-state index in [4.69, 9.17) is 32.4 Å². The molecular formula is C19H12Cl2N2O4. The van der Waals surface area contributed by atoms with Crippen molar-refractivity contribution in [3.63, 3.8) is 0 Å². The molecule has 0 saturated carbocycles. The normalized spacial score (nSPS) is 11.2. The average Bonchev–Trinajstić information content (AvgIpc) is 3.04. The lowest BCUT2D eigenvalue weighted by atomic mass is 10.2. The van der Waals surface area contributed by atoms with Crippen molar-refractivity contribution in [3.8, 4) is 0 Å². The van der Waals surface area contributed by atoms with E-state index < -0.39 is 11.5 Å². The van der Waals surface area contributed by atoms with Gasteiger partial charge in [-0.2, -0.15) is 0 Å². The molecule has 4 aromatic rings. The van der Waals surface area contributed by atoms with Gasteiger partial charge in [-0.3, -0.25) is 14.2 Å². The molecule has 0 amide bonds. The quantitative estimate of drug-likeness (QED) is 0.478. The van der Waals surface area contributed by atoms with E-state index in [1.165, 1.54) is 6.33 Å². The molecule has 27 heavy (non-hydrogen) atoms. The number of fused-ring (bicyclic) bond motifs is 3. The zero-order valence-electron chi connectivity index (χ0n) is 13.8. The van der Waals surface area contributed by atoms with Crippen molar-refractivity contribution in [3.05, 3.63) is 74.8 Å². The van der Waals surface area contributed by atoms with Crippen LogP contribution in [-0.2, 0) is 22.7 Å². The number of hydrogen-bond donors (Lipinski definition) is 0. The number of carbonyl (C=O) groups is 1. The zero-order chi connectivity index (χ0) is 19.0. The molecule has 6 nitrogen and oxygen atoms in total. The Morgan fingerprint density at radius 3 is 2.78 bits per heavy atom. The first-order chi connectivity index (χ1) is 13.0. The molecule has 0 radical (unpaired) electrons. The molecule has 2 heterocycles. The van der Waals surface area contributed by atoms with Crippen molar-refractivity contribution in [1.82, 2.24) is 9.55 Å². The van der Waals surface area contributed by atoms with Crippen molar-refractivity contribution in [1.29, 1.82) is 0 Å². The minimum absolute atomic E-state index is 0.0186. The highest BCUT2D eigenvalue weighted by molar-refractivity contribution is 6.42. The number of para-hydroxylation sites is 1. The molecule has 4 rings (SSSR count). The van der Waals surface area contributed by atoms with Gasteiger partial charge in [-0.1, -0.05) is 41.4 Å². The summed E-state index contributed by atoms with van der Waals surface area (Å²) in [5.74, 6) is -0.583. The largest absolute Gasteiger partial charge is 0.459 e. The summed E-state index contributed by atoms with van der Waals surface area (Å²) >= 11 is 11.8. The van der Waals surface area contributed by atoms with Gasteiger partial charge in [-0.25, -0.2) is 4.98 Å². The van der Waals surface area contributed by atoms with Gasteiger partial charge in [0.1, 0.15) is 24.3 Å². The van der Waals surface area contributed by atoms with E-state index in [2.05, 4.69) is 4.98 Å². The minimum atomic E-state index is -0.583. The van der Waals surface area contributed by atoms with Crippen molar-refractivity contribution >= 4 is 51.2 Å². The Hall–Kier alpha value is -2.83. The van der Waals surface area contributed by atoms with Gasteiger partial charge in [0.2, 0.25) is 5.58 Å². The van der Waals surface area contributed by atoms with Crippen LogP contribution in [0, 0.1) is 0 Å². The van der Waals surface area contributed by atoms with Gasteiger partial charge in [0, 0.05) is 5.39 Å². The molecule has 2 aromatic heterocycles. The maximum absolute atomic E-state index is 12.6. The number of furan rings is 1. The average molecular weight is 403 g/mol. The van der Waals surface area contributed by atoms with Crippen LogP contribution < -0.4 is 5.56 Å². The van der Waals surface area contributed by atoms with Gasteiger partial charge in [0.15, 0.2) is 0 Å². The Morgan fingerprint density at radius 1 is 1.15 bits per heavy atom. The maximum Gasteiger partial charge on any atom is 0.326 e. The first-order valence-corrected chi connectivity index (χ1v) is 8.75. The van der Waals surface area contributed by atoms with Crippen LogP contribution in [0.1, 0.15) is 5.56 Å². The molecule has 8 heteroatoms. The van der Waals surface area contributed by atoms with E-state index in [9.17, 15) is 9.59 Å². The Balaban J connectivity index is 1.53. The summed E-state index contributed by atoms with van der Waals surface area (Å²) in [6.45, 7) is -0.259. The van der Waals surface area contributed by atoms with Gasteiger partial charge in [-0.15, -0.1) is 0 Å². The van der Waals surface area contributed by atoms with Crippen LogP contribution in [0.25, 0.3) is 22.1 Å². The van der Waals surface area contributed by atoms with Gasteiger partial charge >= 0.3 is 5.97 Å². The summed E-state index contributed by atoms with van der Waals surface area (Å²) < 4.78 is 11.9. The fraction of sp³-hybridized carbons (Fsp3) is 0.105. The van der Waals surface area contributed by atoms with E-state index in [0.29, 0.717) is 26.7 Å². The predicted molar refractivity (Wildman–Crippen MR) is 102 cm³/mol. The third-order valence-electron chi connectivity index (χ3n) is 4.03. The molecule has 0 unspecified atom stereocenters. The highest BCUT2D eigenvalue weighted by Gasteiger charge is 2.15. The van der Waals surface area contributed by atoms with Crippen LogP contribution in [0.4, 0.5) is 0 Å². The number of benzene rings is 2. The predicted octanol–water partition coefficient (Wildman–Crippen LogP) is 4.19. The third kappa shape index (κ3) is 3.41. The summed E-state index contributed by atoms with van der Waals surface area (Å²) in [5, 5.41) is 1.54. The molecule has 0 saturated heterocycles. The Labute approximate surface area is 162 Å². The van der Waals surface area contributed by atoms with Crippen LogP contribution in [-0.4, -0.2) is 15.5 Å². The lowest BCUT2D eigenvalue weighted by Crippen LogP contribution is -2.25.